The Labute approximate surface area is 134 Å². The van der Waals surface area contributed by atoms with Crippen molar-refractivity contribution in [2.24, 2.45) is 11.7 Å². The zero-order valence-corrected chi connectivity index (χ0v) is 13.2. The molecule has 1 aromatic carbocycles. The van der Waals surface area contributed by atoms with Gasteiger partial charge in [-0.05, 0) is 31.5 Å². The number of ether oxygens (including phenoxy) is 1. The number of aromatic nitrogens is 1. The number of hydrogen-bond donors (Lipinski definition) is 1. The minimum Gasteiger partial charge on any atom is -0.497 e. The number of fused-ring (bicyclic) bond motifs is 1. The number of primary amides is 1. The Balaban J connectivity index is 1.92. The van der Waals surface area contributed by atoms with E-state index in [1.165, 1.54) is 0 Å². The van der Waals surface area contributed by atoms with Crippen molar-refractivity contribution in [2.75, 3.05) is 20.2 Å². The standard InChI is InChI=1S/C17H19N3O3/c1-10-14(17(22)20-6-5-12(9-20)16(18)21)7-11-3-4-13(23-2)8-15(11)19-10/h3-4,7-8,12H,5-6,9H2,1-2H3,(H2,18,21). The molecule has 1 atom stereocenters. The first-order valence-corrected chi connectivity index (χ1v) is 7.53. The number of carbonyl (C=O) groups is 2. The van der Waals surface area contributed by atoms with Gasteiger partial charge in [-0.2, -0.15) is 0 Å². The van der Waals surface area contributed by atoms with Crippen LogP contribution in [0, 0.1) is 12.8 Å². The summed E-state index contributed by atoms with van der Waals surface area (Å²) in [4.78, 5) is 30.2. The van der Waals surface area contributed by atoms with Crippen molar-refractivity contribution in [3.63, 3.8) is 0 Å². The van der Waals surface area contributed by atoms with Crippen LogP contribution in [0.4, 0.5) is 0 Å². The fraction of sp³-hybridized carbons (Fsp3) is 0.353. The third-order valence-corrected chi connectivity index (χ3v) is 4.32. The van der Waals surface area contributed by atoms with Crippen molar-refractivity contribution >= 4 is 22.7 Å². The van der Waals surface area contributed by atoms with Crippen molar-refractivity contribution < 1.29 is 14.3 Å². The van der Waals surface area contributed by atoms with Crippen LogP contribution in [0.1, 0.15) is 22.5 Å². The second-order valence-corrected chi connectivity index (χ2v) is 5.82. The molecule has 0 radical (unpaired) electrons. The molecule has 1 fully saturated rings. The van der Waals surface area contributed by atoms with Gasteiger partial charge >= 0.3 is 0 Å². The Morgan fingerprint density at radius 1 is 1.35 bits per heavy atom. The molecule has 6 heteroatoms. The number of hydrogen-bond acceptors (Lipinski definition) is 4. The first-order chi connectivity index (χ1) is 11.0. The molecular formula is C17H19N3O3. The Bertz CT molecular complexity index is 788. The zero-order valence-electron chi connectivity index (χ0n) is 13.2. The van der Waals surface area contributed by atoms with E-state index in [-0.39, 0.29) is 17.7 Å². The second kappa shape index (κ2) is 5.87. The van der Waals surface area contributed by atoms with Gasteiger partial charge in [0, 0.05) is 24.5 Å². The number of rotatable bonds is 3. The highest BCUT2D eigenvalue weighted by molar-refractivity contribution is 5.99. The lowest BCUT2D eigenvalue weighted by molar-refractivity contribution is -0.121. The molecule has 6 nitrogen and oxygen atoms in total. The summed E-state index contributed by atoms with van der Waals surface area (Å²) in [5.41, 5.74) is 7.34. The molecule has 0 spiro atoms. The smallest absolute Gasteiger partial charge is 0.255 e. The summed E-state index contributed by atoms with van der Waals surface area (Å²) in [5.74, 6) is 0.0291. The van der Waals surface area contributed by atoms with Gasteiger partial charge in [0.15, 0.2) is 0 Å². The molecule has 1 aliphatic rings. The maximum atomic E-state index is 12.7. The Hall–Kier alpha value is -2.63. The van der Waals surface area contributed by atoms with Crippen LogP contribution in [0.2, 0.25) is 0 Å². The highest BCUT2D eigenvalue weighted by atomic mass is 16.5. The van der Waals surface area contributed by atoms with Crippen LogP contribution >= 0.6 is 0 Å². The van der Waals surface area contributed by atoms with Crippen LogP contribution in [0.5, 0.6) is 5.75 Å². The summed E-state index contributed by atoms with van der Waals surface area (Å²) in [6.07, 6.45) is 0.623. The number of amides is 2. The van der Waals surface area contributed by atoms with Crippen LogP contribution in [-0.4, -0.2) is 41.9 Å². The molecule has 0 bridgehead atoms. The summed E-state index contributed by atoms with van der Waals surface area (Å²) < 4.78 is 5.20. The normalized spacial score (nSPS) is 17.5. The second-order valence-electron chi connectivity index (χ2n) is 5.82. The van der Waals surface area contributed by atoms with E-state index < -0.39 is 0 Å². The van der Waals surface area contributed by atoms with E-state index in [9.17, 15) is 9.59 Å². The summed E-state index contributed by atoms with van der Waals surface area (Å²) in [6.45, 7) is 2.74. The summed E-state index contributed by atoms with van der Waals surface area (Å²) in [5, 5.41) is 0.880. The number of carbonyl (C=O) groups excluding carboxylic acids is 2. The van der Waals surface area contributed by atoms with Gasteiger partial charge in [0.05, 0.1) is 29.8 Å². The van der Waals surface area contributed by atoms with Crippen molar-refractivity contribution in [1.82, 2.24) is 9.88 Å². The van der Waals surface area contributed by atoms with Gasteiger partial charge in [-0.1, -0.05) is 0 Å². The molecule has 1 aliphatic heterocycles. The predicted octanol–water partition coefficient (Wildman–Crippen LogP) is 1.50. The number of nitrogens with zero attached hydrogens (tertiary/aromatic N) is 2. The maximum absolute atomic E-state index is 12.7. The molecular weight excluding hydrogens is 294 g/mol. The summed E-state index contributed by atoms with van der Waals surface area (Å²) in [7, 11) is 1.61. The van der Waals surface area contributed by atoms with Crippen molar-refractivity contribution in [3.8, 4) is 5.75 Å². The van der Waals surface area contributed by atoms with Crippen molar-refractivity contribution in [2.45, 2.75) is 13.3 Å². The van der Waals surface area contributed by atoms with E-state index >= 15 is 0 Å². The van der Waals surface area contributed by atoms with Crippen LogP contribution in [-0.2, 0) is 4.79 Å². The fourth-order valence-corrected chi connectivity index (χ4v) is 2.93. The Morgan fingerprint density at radius 3 is 2.78 bits per heavy atom. The van der Waals surface area contributed by atoms with Gasteiger partial charge in [-0.3, -0.25) is 14.6 Å². The van der Waals surface area contributed by atoms with Crippen LogP contribution < -0.4 is 10.5 Å². The quantitative estimate of drug-likeness (QED) is 0.930. The highest BCUT2D eigenvalue weighted by Crippen LogP contribution is 2.24. The lowest BCUT2D eigenvalue weighted by Crippen LogP contribution is -2.32. The molecule has 0 aliphatic carbocycles. The highest BCUT2D eigenvalue weighted by Gasteiger charge is 2.31. The zero-order chi connectivity index (χ0) is 16.6. The van der Waals surface area contributed by atoms with Gasteiger partial charge in [0.2, 0.25) is 5.91 Å². The summed E-state index contributed by atoms with van der Waals surface area (Å²) in [6, 6.07) is 7.41. The molecule has 3 rings (SSSR count). The number of pyridine rings is 1. The Morgan fingerprint density at radius 2 is 2.13 bits per heavy atom. The van der Waals surface area contributed by atoms with Crippen LogP contribution in [0.3, 0.4) is 0 Å². The number of nitrogens with two attached hydrogens (primary N) is 1. The molecule has 23 heavy (non-hydrogen) atoms. The van der Waals surface area contributed by atoms with Gasteiger partial charge < -0.3 is 15.4 Å². The van der Waals surface area contributed by atoms with Gasteiger partial charge in [0.25, 0.3) is 5.91 Å². The van der Waals surface area contributed by atoms with Crippen molar-refractivity contribution in [3.05, 3.63) is 35.5 Å². The number of likely N-dealkylation sites (tertiary alicyclic amines) is 1. The number of aryl methyl sites for hydroxylation is 1. The van der Waals surface area contributed by atoms with E-state index in [1.807, 2.05) is 31.2 Å². The number of methoxy groups -OCH3 is 1. The molecule has 1 saturated heterocycles. The van der Waals surface area contributed by atoms with E-state index in [4.69, 9.17) is 10.5 Å². The SMILES string of the molecule is COc1ccc2cc(C(=O)N3CCC(C(N)=O)C3)c(C)nc2c1. The lowest BCUT2D eigenvalue weighted by Gasteiger charge is -2.17. The first-order valence-electron chi connectivity index (χ1n) is 7.53. The van der Waals surface area contributed by atoms with Crippen molar-refractivity contribution in [1.29, 1.82) is 0 Å². The average Bonchev–Trinajstić information content (AvgIpc) is 3.03. The van der Waals surface area contributed by atoms with Gasteiger partial charge in [-0.15, -0.1) is 0 Å². The summed E-state index contributed by atoms with van der Waals surface area (Å²) >= 11 is 0. The average molecular weight is 313 g/mol. The molecule has 2 amide bonds. The van der Waals surface area contributed by atoms with Crippen LogP contribution in [0.15, 0.2) is 24.3 Å². The third kappa shape index (κ3) is 2.84. The van der Waals surface area contributed by atoms with E-state index in [0.29, 0.717) is 30.8 Å². The molecule has 2 N–H and O–H groups in total. The largest absolute Gasteiger partial charge is 0.497 e. The topological polar surface area (TPSA) is 85.5 Å². The monoisotopic (exact) mass is 313 g/mol. The molecule has 2 aromatic rings. The van der Waals surface area contributed by atoms with Gasteiger partial charge in [-0.25, -0.2) is 0 Å². The molecule has 0 saturated carbocycles. The third-order valence-electron chi connectivity index (χ3n) is 4.32. The molecule has 2 heterocycles. The molecule has 1 aromatic heterocycles. The molecule has 120 valence electrons. The van der Waals surface area contributed by atoms with E-state index in [1.54, 1.807) is 12.0 Å². The van der Waals surface area contributed by atoms with E-state index in [0.717, 1.165) is 16.7 Å². The Kier molecular flexibility index (Phi) is 3.90. The van der Waals surface area contributed by atoms with E-state index in [2.05, 4.69) is 4.98 Å². The number of benzene rings is 1. The minimum absolute atomic E-state index is 0.100. The first kappa shape index (κ1) is 15.3. The minimum atomic E-state index is -0.347. The molecule has 1 unspecified atom stereocenters. The van der Waals surface area contributed by atoms with Crippen LogP contribution in [0.25, 0.3) is 10.9 Å². The fourth-order valence-electron chi connectivity index (χ4n) is 2.93. The lowest BCUT2D eigenvalue weighted by atomic mass is 10.1. The van der Waals surface area contributed by atoms with Gasteiger partial charge in [0.1, 0.15) is 5.75 Å². The maximum Gasteiger partial charge on any atom is 0.255 e. The predicted molar refractivity (Wildman–Crippen MR) is 86.2 cm³/mol.